The van der Waals surface area contributed by atoms with Crippen molar-refractivity contribution in [3.05, 3.63) is 35.4 Å². The van der Waals surface area contributed by atoms with Crippen molar-refractivity contribution in [2.45, 2.75) is 25.4 Å². The van der Waals surface area contributed by atoms with Crippen LogP contribution < -0.4 is 10.6 Å². The van der Waals surface area contributed by atoms with Crippen LogP contribution in [0.1, 0.15) is 17.5 Å². The summed E-state index contributed by atoms with van der Waals surface area (Å²) < 4.78 is 0. The van der Waals surface area contributed by atoms with E-state index in [9.17, 15) is 4.79 Å². The molecule has 1 aromatic rings. The Labute approximate surface area is 101 Å². The normalized spacial score (nSPS) is 18.5. The van der Waals surface area contributed by atoms with Crippen molar-refractivity contribution in [1.29, 1.82) is 0 Å². The highest BCUT2D eigenvalue weighted by Crippen LogP contribution is 2.16. The van der Waals surface area contributed by atoms with Crippen LogP contribution in [0.4, 0.5) is 0 Å². The van der Waals surface area contributed by atoms with Gasteiger partial charge in [-0.05, 0) is 24.0 Å². The predicted molar refractivity (Wildman–Crippen MR) is 65.5 cm³/mol. The molecule has 17 heavy (non-hydrogen) atoms. The number of benzene rings is 1. The van der Waals surface area contributed by atoms with Gasteiger partial charge in [-0.2, -0.15) is 0 Å². The Morgan fingerprint density at radius 2 is 2.18 bits per heavy atom. The van der Waals surface area contributed by atoms with Crippen molar-refractivity contribution in [3.63, 3.8) is 0 Å². The molecule has 1 amide bonds. The van der Waals surface area contributed by atoms with Gasteiger partial charge in [-0.1, -0.05) is 24.3 Å². The average molecular weight is 234 g/mol. The van der Waals surface area contributed by atoms with Gasteiger partial charge in [0.05, 0.1) is 6.04 Å². The molecule has 1 aliphatic rings. The molecule has 0 aromatic heterocycles. The monoisotopic (exact) mass is 234 g/mol. The number of aliphatic hydroxyl groups is 1. The van der Waals surface area contributed by atoms with Crippen molar-refractivity contribution < 1.29 is 9.90 Å². The first-order chi connectivity index (χ1) is 8.31. The maximum absolute atomic E-state index is 11.8. The maximum atomic E-state index is 11.8. The van der Waals surface area contributed by atoms with E-state index >= 15 is 0 Å². The highest BCUT2D eigenvalue weighted by molar-refractivity contribution is 5.82. The summed E-state index contributed by atoms with van der Waals surface area (Å²) in [4.78, 5) is 11.8. The van der Waals surface area contributed by atoms with Gasteiger partial charge < -0.3 is 15.7 Å². The molecule has 4 heteroatoms. The van der Waals surface area contributed by atoms with Crippen LogP contribution in [0.2, 0.25) is 0 Å². The van der Waals surface area contributed by atoms with E-state index in [4.69, 9.17) is 5.11 Å². The quantitative estimate of drug-likeness (QED) is 0.652. The third-order valence-corrected chi connectivity index (χ3v) is 3.03. The summed E-state index contributed by atoms with van der Waals surface area (Å²) in [7, 11) is 0. The van der Waals surface area contributed by atoms with Crippen LogP contribution >= 0.6 is 0 Å². The molecule has 0 fully saturated rings. The number of hydrogen-bond acceptors (Lipinski definition) is 3. The Bertz CT molecular complexity index is 393. The van der Waals surface area contributed by atoms with Gasteiger partial charge in [0.1, 0.15) is 0 Å². The smallest absolute Gasteiger partial charge is 0.237 e. The maximum Gasteiger partial charge on any atom is 0.237 e. The SMILES string of the molecule is O=C(NCCCO)C1Cc2ccccc2CN1. The van der Waals surface area contributed by atoms with Gasteiger partial charge in [0.15, 0.2) is 0 Å². The van der Waals surface area contributed by atoms with Crippen LogP contribution in [-0.4, -0.2) is 30.2 Å². The molecule has 0 saturated carbocycles. The number of carbonyl (C=O) groups is 1. The molecule has 1 aliphatic heterocycles. The lowest BCUT2D eigenvalue weighted by Gasteiger charge is -2.25. The summed E-state index contributed by atoms with van der Waals surface area (Å²) in [5, 5.41) is 14.7. The van der Waals surface area contributed by atoms with Crippen molar-refractivity contribution in [1.82, 2.24) is 10.6 Å². The first-order valence-electron chi connectivity index (χ1n) is 6.00. The molecule has 3 N–H and O–H groups in total. The lowest BCUT2D eigenvalue weighted by atomic mass is 9.95. The van der Waals surface area contributed by atoms with E-state index in [1.54, 1.807) is 0 Å². The standard InChI is InChI=1S/C13H18N2O2/c16-7-3-6-14-13(17)12-8-10-4-1-2-5-11(10)9-15-12/h1-2,4-5,12,15-16H,3,6-9H2,(H,14,17). The summed E-state index contributed by atoms with van der Waals surface area (Å²) in [6, 6.07) is 8.03. The fourth-order valence-electron chi connectivity index (χ4n) is 2.05. The van der Waals surface area contributed by atoms with Crippen molar-refractivity contribution in [3.8, 4) is 0 Å². The molecule has 0 bridgehead atoms. The molecule has 1 aromatic carbocycles. The summed E-state index contributed by atoms with van der Waals surface area (Å²) in [6.07, 6.45) is 1.34. The highest BCUT2D eigenvalue weighted by atomic mass is 16.3. The Kier molecular flexibility index (Phi) is 4.12. The zero-order valence-electron chi connectivity index (χ0n) is 9.78. The summed E-state index contributed by atoms with van der Waals surface area (Å²) in [5.41, 5.74) is 2.51. The fourth-order valence-corrected chi connectivity index (χ4v) is 2.05. The van der Waals surface area contributed by atoms with Gasteiger partial charge in [-0.15, -0.1) is 0 Å². The number of rotatable bonds is 4. The van der Waals surface area contributed by atoms with Crippen LogP contribution in [0.25, 0.3) is 0 Å². The van der Waals surface area contributed by atoms with Crippen LogP contribution in [0.3, 0.4) is 0 Å². The summed E-state index contributed by atoms with van der Waals surface area (Å²) in [6.45, 7) is 1.39. The molecular formula is C13H18N2O2. The van der Waals surface area contributed by atoms with E-state index in [0.717, 1.165) is 13.0 Å². The van der Waals surface area contributed by atoms with E-state index in [2.05, 4.69) is 22.8 Å². The van der Waals surface area contributed by atoms with E-state index in [-0.39, 0.29) is 18.6 Å². The molecule has 1 unspecified atom stereocenters. The van der Waals surface area contributed by atoms with Gasteiger partial charge in [0.2, 0.25) is 5.91 Å². The molecule has 92 valence electrons. The van der Waals surface area contributed by atoms with Gasteiger partial charge in [0, 0.05) is 19.7 Å². The van der Waals surface area contributed by atoms with Crippen molar-refractivity contribution >= 4 is 5.91 Å². The van der Waals surface area contributed by atoms with E-state index in [0.29, 0.717) is 13.0 Å². The zero-order valence-corrected chi connectivity index (χ0v) is 9.78. The number of amides is 1. The van der Waals surface area contributed by atoms with Crippen LogP contribution in [-0.2, 0) is 17.8 Å². The average Bonchev–Trinajstić information content (AvgIpc) is 2.38. The van der Waals surface area contributed by atoms with Gasteiger partial charge in [-0.3, -0.25) is 4.79 Å². The second-order valence-electron chi connectivity index (χ2n) is 4.27. The Morgan fingerprint density at radius 3 is 2.94 bits per heavy atom. The fraction of sp³-hybridized carbons (Fsp3) is 0.462. The number of aliphatic hydroxyl groups excluding tert-OH is 1. The molecule has 0 spiro atoms. The Balaban J connectivity index is 1.91. The minimum Gasteiger partial charge on any atom is -0.396 e. The van der Waals surface area contributed by atoms with Gasteiger partial charge >= 0.3 is 0 Å². The van der Waals surface area contributed by atoms with Gasteiger partial charge in [0.25, 0.3) is 0 Å². The minimum atomic E-state index is -0.149. The third-order valence-electron chi connectivity index (χ3n) is 3.03. The third kappa shape index (κ3) is 3.05. The molecule has 1 atom stereocenters. The summed E-state index contributed by atoms with van der Waals surface area (Å²) >= 11 is 0. The van der Waals surface area contributed by atoms with Gasteiger partial charge in [-0.25, -0.2) is 0 Å². The molecular weight excluding hydrogens is 216 g/mol. The molecule has 2 rings (SSSR count). The Hall–Kier alpha value is -1.39. The van der Waals surface area contributed by atoms with Crippen molar-refractivity contribution in [2.75, 3.05) is 13.2 Å². The van der Waals surface area contributed by atoms with Crippen LogP contribution in [0.15, 0.2) is 24.3 Å². The predicted octanol–water partition coefficient (Wildman–Crippen LogP) is 0.199. The van der Waals surface area contributed by atoms with E-state index in [1.165, 1.54) is 11.1 Å². The molecule has 0 aliphatic carbocycles. The topological polar surface area (TPSA) is 61.4 Å². The molecule has 4 nitrogen and oxygen atoms in total. The van der Waals surface area contributed by atoms with E-state index in [1.807, 2.05) is 12.1 Å². The van der Waals surface area contributed by atoms with E-state index < -0.39 is 0 Å². The lowest BCUT2D eigenvalue weighted by Crippen LogP contribution is -2.47. The largest absolute Gasteiger partial charge is 0.396 e. The molecule has 1 heterocycles. The summed E-state index contributed by atoms with van der Waals surface area (Å²) in [5.74, 6) is 0.0213. The lowest BCUT2D eigenvalue weighted by molar-refractivity contribution is -0.123. The van der Waals surface area contributed by atoms with Crippen LogP contribution in [0, 0.1) is 0 Å². The molecule has 0 radical (unpaired) electrons. The van der Waals surface area contributed by atoms with Crippen molar-refractivity contribution in [2.24, 2.45) is 0 Å². The minimum absolute atomic E-state index is 0.0213. The number of carbonyl (C=O) groups excluding carboxylic acids is 1. The number of hydrogen-bond donors (Lipinski definition) is 3. The second kappa shape index (κ2) is 5.80. The highest BCUT2D eigenvalue weighted by Gasteiger charge is 2.23. The first-order valence-corrected chi connectivity index (χ1v) is 6.00. The second-order valence-corrected chi connectivity index (χ2v) is 4.27. The molecule has 0 saturated heterocycles. The van der Waals surface area contributed by atoms with Crippen LogP contribution in [0.5, 0.6) is 0 Å². The first kappa shape index (κ1) is 12.1. The number of nitrogens with one attached hydrogen (secondary N) is 2. The Morgan fingerprint density at radius 1 is 1.41 bits per heavy atom. The number of fused-ring (bicyclic) bond motifs is 1. The zero-order chi connectivity index (χ0) is 12.1.